The normalized spacial score (nSPS) is 10.9. The third-order valence-electron chi connectivity index (χ3n) is 5.52. The number of amides is 2. The molecule has 1 heterocycles. The SMILES string of the molecule is COCCN(CC(=O)N(CCc1ccccc1)Cc1ccco1)C(=O)/C=C/c1ccc([N+](=O)[O-])cc1. The number of nitrogens with zero attached hydrogens (tertiary/aromatic N) is 3. The van der Waals surface area contributed by atoms with Gasteiger partial charge < -0.3 is 19.0 Å². The minimum absolute atomic E-state index is 0.0297. The Kier molecular flexibility index (Phi) is 9.96. The van der Waals surface area contributed by atoms with E-state index >= 15 is 0 Å². The number of benzene rings is 2. The van der Waals surface area contributed by atoms with E-state index < -0.39 is 4.92 Å². The predicted octanol–water partition coefficient (Wildman–Crippen LogP) is 3.95. The first kappa shape index (κ1) is 26.4. The highest BCUT2D eigenvalue weighted by Gasteiger charge is 2.21. The van der Waals surface area contributed by atoms with Crippen molar-refractivity contribution in [3.05, 3.63) is 106 Å². The van der Waals surface area contributed by atoms with Crippen molar-refractivity contribution in [3.8, 4) is 0 Å². The highest BCUT2D eigenvalue weighted by atomic mass is 16.6. The summed E-state index contributed by atoms with van der Waals surface area (Å²) in [6.45, 7) is 1.14. The average Bonchev–Trinajstić information content (AvgIpc) is 3.41. The van der Waals surface area contributed by atoms with Crippen LogP contribution in [0.1, 0.15) is 16.9 Å². The van der Waals surface area contributed by atoms with Crippen LogP contribution in [0.4, 0.5) is 5.69 Å². The number of ether oxygens (including phenoxy) is 1. The topological polar surface area (TPSA) is 106 Å². The molecular formula is C27H29N3O6. The first-order valence-electron chi connectivity index (χ1n) is 11.5. The highest BCUT2D eigenvalue weighted by Crippen LogP contribution is 2.13. The molecule has 0 atom stereocenters. The third kappa shape index (κ3) is 8.21. The zero-order valence-corrected chi connectivity index (χ0v) is 20.1. The van der Waals surface area contributed by atoms with Crippen LogP contribution in [0.15, 0.2) is 83.5 Å². The lowest BCUT2D eigenvalue weighted by Crippen LogP contribution is -2.44. The molecule has 9 heteroatoms. The second-order valence-electron chi connectivity index (χ2n) is 8.06. The van der Waals surface area contributed by atoms with Gasteiger partial charge in [0, 0.05) is 38.4 Å². The maximum Gasteiger partial charge on any atom is 0.269 e. The number of methoxy groups -OCH3 is 1. The standard InChI is InChI=1S/C27H29N3O6/c1-35-19-17-29(26(31)14-11-23-9-12-24(13-10-23)30(33)34)21-27(32)28(20-25-8-5-18-36-25)16-15-22-6-3-2-4-7-22/h2-14,18H,15-17,19-21H2,1H3/b14-11+. The lowest BCUT2D eigenvalue weighted by molar-refractivity contribution is -0.384. The van der Waals surface area contributed by atoms with E-state index in [0.717, 1.165) is 5.56 Å². The predicted molar refractivity (Wildman–Crippen MR) is 135 cm³/mol. The fourth-order valence-corrected chi connectivity index (χ4v) is 3.50. The van der Waals surface area contributed by atoms with E-state index in [4.69, 9.17) is 9.15 Å². The number of non-ortho nitro benzene ring substituents is 1. The molecular weight excluding hydrogens is 462 g/mol. The van der Waals surface area contributed by atoms with Crippen LogP contribution in [0.5, 0.6) is 0 Å². The Morgan fingerprint density at radius 2 is 1.75 bits per heavy atom. The molecule has 0 radical (unpaired) electrons. The maximum absolute atomic E-state index is 13.3. The Hall–Kier alpha value is -4.24. The van der Waals surface area contributed by atoms with Gasteiger partial charge in [0.25, 0.3) is 5.69 Å². The molecule has 0 bridgehead atoms. The molecule has 0 aliphatic heterocycles. The van der Waals surface area contributed by atoms with Crippen molar-refractivity contribution in [1.29, 1.82) is 0 Å². The largest absolute Gasteiger partial charge is 0.467 e. The summed E-state index contributed by atoms with van der Waals surface area (Å²) in [5, 5.41) is 10.8. The number of hydrogen-bond acceptors (Lipinski definition) is 6. The van der Waals surface area contributed by atoms with Gasteiger partial charge >= 0.3 is 0 Å². The molecule has 0 saturated heterocycles. The van der Waals surface area contributed by atoms with Gasteiger partial charge in [-0.25, -0.2) is 0 Å². The Morgan fingerprint density at radius 1 is 1.00 bits per heavy atom. The van der Waals surface area contributed by atoms with Crippen molar-refractivity contribution in [2.75, 3.05) is 33.4 Å². The van der Waals surface area contributed by atoms with Crippen molar-refractivity contribution in [2.45, 2.75) is 13.0 Å². The molecule has 188 valence electrons. The lowest BCUT2D eigenvalue weighted by atomic mass is 10.1. The summed E-state index contributed by atoms with van der Waals surface area (Å²) in [4.78, 5) is 39.7. The monoisotopic (exact) mass is 491 g/mol. The fourth-order valence-electron chi connectivity index (χ4n) is 3.50. The zero-order chi connectivity index (χ0) is 25.8. The third-order valence-corrected chi connectivity index (χ3v) is 5.52. The molecule has 2 aromatic carbocycles. The average molecular weight is 492 g/mol. The van der Waals surface area contributed by atoms with Gasteiger partial charge in [-0.3, -0.25) is 19.7 Å². The lowest BCUT2D eigenvalue weighted by Gasteiger charge is -2.26. The van der Waals surface area contributed by atoms with Crippen LogP contribution in [0.3, 0.4) is 0 Å². The number of nitro benzene ring substituents is 1. The highest BCUT2D eigenvalue weighted by molar-refractivity contribution is 5.94. The van der Waals surface area contributed by atoms with Crippen molar-refractivity contribution >= 4 is 23.6 Å². The Bertz CT molecular complexity index is 1140. The van der Waals surface area contributed by atoms with Gasteiger partial charge in [-0.05, 0) is 47.9 Å². The van der Waals surface area contributed by atoms with Gasteiger partial charge in [0.05, 0.1) is 24.3 Å². The number of furan rings is 1. The molecule has 0 saturated carbocycles. The molecule has 0 unspecified atom stereocenters. The molecule has 1 aromatic heterocycles. The molecule has 36 heavy (non-hydrogen) atoms. The molecule has 2 amide bonds. The van der Waals surface area contributed by atoms with Crippen LogP contribution in [0.25, 0.3) is 6.08 Å². The maximum atomic E-state index is 13.3. The van der Waals surface area contributed by atoms with E-state index in [2.05, 4.69) is 0 Å². The van der Waals surface area contributed by atoms with Gasteiger partial charge in [-0.2, -0.15) is 0 Å². The summed E-state index contributed by atoms with van der Waals surface area (Å²) in [6.07, 6.45) is 5.14. The van der Waals surface area contributed by atoms with E-state index in [1.165, 1.54) is 30.2 Å². The van der Waals surface area contributed by atoms with Crippen molar-refractivity contribution < 1.29 is 23.7 Å². The van der Waals surface area contributed by atoms with Gasteiger partial charge in [-0.15, -0.1) is 0 Å². The number of nitro groups is 1. The summed E-state index contributed by atoms with van der Waals surface area (Å²) in [6, 6.07) is 19.3. The van der Waals surface area contributed by atoms with Crippen molar-refractivity contribution in [2.24, 2.45) is 0 Å². The fraction of sp³-hybridized carbons (Fsp3) is 0.259. The van der Waals surface area contributed by atoms with Crippen LogP contribution >= 0.6 is 0 Å². The minimum Gasteiger partial charge on any atom is -0.467 e. The number of carbonyl (C=O) groups is 2. The molecule has 0 spiro atoms. The summed E-state index contributed by atoms with van der Waals surface area (Å²) >= 11 is 0. The first-order valence-corrected chi connectivity index (χ1v) is 11.5. The number of carbonyl (C=O) groups excluding carboxylic acids is 2. The van der Waals surface area contributed by atoms with Crippen LogP contribution in [0, 0.1) is 10.1 Å². The number of rotatable bonds is 13. The Labute approximate surface area is 209 Å². The van der Waals surface area contributed by atoms with Crippen LogP contribution < -0.4 is 0 Å². The summed E-state index contributed by atoms with van der Waals surface area (Å²) in [7, 11) is 1.53. The van der Waals surface area contributed by atoms with Crippen molar-refractivity contribution in [3.63, 3.8) is 0 Å². The number of hydrogen-bond donors (Lipinski definition) is 0. The summed E-state index contributed by atoms with van der Waals surface area (Å²) in [5.74, 6) is 0.0829. The molecule has 3 rings (SSSR count). The van der Waals surface area contributed by atoms with E-state index in [1.54, 1.807) is 35.4 Å². The van der Waals surface area contributed by atoms with Crippen LogP contribution in [-0.4, -0.2) is 59.9 Å². The van der Waals surface area contributed by atoms with Crippen LogP contribution in [0.2, 0.25) is 0 Å². The molecule has 9 nitrogen and oxygen atoms in total. The van der Waals surface area contributed by atoms with Gasteiger partial charge in [-0.1, -0.05) is 30.3 Å². The van der Waals surface area contributed by atoms with Gasteiger partial charge in [0.1, 0.15) is 12.3 Å². The van der Waals surface area contributed by atoms with E-state index in [9.17, 15) is 19.7 Å². The van der Waals surface area contributed by atoms with Crippen LogP contribution in [-0.2, 0) is 27.3 Å². The second-order valence-corrected chi connectivity index (χ2v) is 8.06. The quantitative estimate of drug-likeness (QED) is 0.204. The first-order chi connectivity index (χ1) is 17.5. The molecule has 0 aliphatic carbocycles. The molecule has 0 N–H and O–H groups in total. The van der Waals surface area contributed by atoms with E-state index in [1.807, 2.05) is 36.4 Å². The molecule has 0 fully saturated rings. The molecule has 3 aromatic rings. The minimum atomic E-state index is -0.483. The smallest absolute Gasteiger partial charge is 0.269 e. The zero-order valence-electron chi connectivity index (χ0n) is 20.1. The van der Waals surface area contributed by atoms with E-state index in [-0.39, 0.29) is 37.2 Å². The van der Waals surface area contributed by atoms with Crippen molar-refractivity contribution in [1.82, 2.24) is 9.80 Å². The Morgan fingerprint density at radius 3 is 2.39 bits per heavy atom. The summed E-state index contributed by atoms with van der Waals surface area (Å²) in [5.41, 5.74) is 1.71. The van der Waals surface area contributed by atoms with Gasteiger partial charge in [0.15, 0.2) is 0 Å². The second kappa shape index (κ2) is 13.6. The van der Waals surface area contributed by atoms with Gasteiger partial charge in [0.2, 0.25) is 11.8 Å². The summed E-state index contributed by atoms with van der Waals surface area (Å²) < 4.78 is 10.6. The Balaban J connectivity index is 1.69. The molecule has 0 aliphatic rings. The van der Waals surface area contributed by atoms with E-state index in [0.29, 0.717) is 30.8 Å².